The minimum Gasteiger partial charge on any atom is -0.480 e. The number of ether oxygens (including phenoxy) is 1. The first-order valence-electron chi connectivity index (χ1n) is 5.21. The number of aromatic nitrogens is 2. The van der Waals surface area contributed by atoms with Crippen molar-refractivity contribution in [2.75, 3.05) is 19.0 Å². The molecule has 0 aromatic carbocycles. The molecule has 0 aliphatic heterocycles. The molecule has 7 heteroatoms. The number of aliphatic hydroxyl groups is 1. The van der Waals surface area contributed by atoms with Crippen molar-refractivity contribution in [1.29, 1.82) is 0 Å². The highest BCUT2D eigenvalue weighted by Gasteiger charge is 2.07. The Labute approximate surface area is 99.2 Å². The maximum absolute atomic E-state index is 11.4. The average Bonchev–Trinajstić information content (AvgIpc) is 2.30. The summed E-state index contributed by atoms with van der Waals surface area (Å²) in [5.74, 6) is 0.712. The summed E-state index contributed by atoms with van der Waals surface area (Å²) in [5, 5.41) is 21.3. The molecule has 1 atom stereocenters. The SMILES string of the molecule is COc1ccc(NC(=O)N[C@@H](C)CCO)nn1. The molecule has 17 heavy (non-hydrogen) atoms. The Morgan fingerprint density at radius 2 is 2.29 bits per heavy atom. The highest BCUT2D eigenvalue weighted by Crippen LogP contribution is 2.06. The van der Waals surface area contributed by atoms with Crippen LogP contribution in [-0.2, 0) is 0 Å². The maximum Gasteiger partial charge on any atom is 0.320 e. The van der Waals surface area contributed by atoms with Crippen LogP contribution in [-0.4, -0.2) is 41.1 Å². The van der Waals surface area contributed by atoms with Gasteiger partial charge in [0.25, 0.3) is 0 Å². The third-order valence-electron chi connectivity index (χ3n) is 2.03. The molecule has 1 aromatic heterocycles. The van der Waals surface area contributed by atoms with Gasteiger partial charge in [-0.05, 0) is 19.4 Å². The highest BCUT2D eigenvalue weighted by atomic mass is 16.5. The van der Waals surface area contributed by atoms with E-state index in [9.17, 15) is 4.79 Å². The van der Waals surface area contributed by atoms with E-state index in [1.165, 1.54) is 7.11 Å². The minimum absolute atomic E-state index is 0.0315. The van der Waals surface area contributed by atoms with Gasteiger partial charge in [-0.15, -0.1) is 10.2 Å². The standard InChI is InChI=1S/C10H16N4O3/c1-7(5-6-15)11-10(16)12-8-3-4-9(17-2)14-13-8/h3-4,7,15H,5-6H2,1-2H3,(H2,11,12,13,16)/t7-/m0/s1. The summed E-state index contributed by atoms with van der Waals surface area (Å²) < 4.78 is 4.84. The molecule has 0 radical (unpaired) electrons. The lowest BCUT2D eigenvalue weighted by atomic mass is 10.2. The predicted octanol–water partition coefficient (Wildman–Crippen LogP) is 0.378. The van der Waals surface area contributed by atoms with Gasteiger partial charge in [0.1, 0.15) is 0 Å². The van der Waals surface area contributed by atoms with Gasteiger partial charge in [-0.2, -0.15) is 0 Å². The van der Waals surface area contributed by atoms with Crippen LogP contribution < -0.4 is 15.4 Å². The Hall–Kier alpha value is -1.89. The maximum atomic E-state index is 11.4. The zero-order chi connectivity index (χ0) is 12.7. The molecule has 0 bridgehead atoms. The van der Waals surface area contributed by atoms with Gasteiger partial charge in [0.15, 0.2) is 5.82 Å². The average molecular weight is 240 g/mol. The van der Waals surface area contributed by atoms with Crippen LogP contribution in [0.25, 0.3) is 0 Å². The van der Waals surface area contributed by atoms with Gasteiger partial charge in [0, 0.05) is 18.7 Å². The highest BCUT2D eigenvalue weighted by molar-refractivity contribution is 5.88. The van der Waals surface area contributed by atoms with Crippen molar-refractivity contribution in [2.24, 2.45) is 0 Å². The van der Waals surface area contributed by atoms with Crippen molar-refractivity contribution in [3.05, 3.63) is 12.1 Å². The van der Waals surface area contributed by atoms with Crippen LogP contribution >= 0.6 is 0 Å². The number of methoxy groups -OCH3 is 1. The number of amides is 2. The van der Waals surface area contributed by atoms with E-state index in [2.05, 4.69) is 20.8 Å². The summed E-state index contributed by atoms with van der Waals surface area (Å²) >= 11 is 0. The summed E-state index contributed by atoms with van der Waals surface area (Å²) in [4.78, 5) is 11.4. The first kappa shape index (κ1) is 13.2. The first-order chi connectivity index (χ1) is 8.15. The van der Waals surface area contributed by atoms with Crippen molar-refractivity contribution in [1.82, 2.24) is 15.5 Å². The number of carbonyl (C=O) groups excluding carboxylic acids is 1. The Kier molecular flexibility index (Phi) is 5.15. The summed E-state index contributed by atoms with van der Waals surface area (Å²) in [7, 11) is 1.49. The lowest BCUT2D eigenvalue weighted by molar-refractivity contribution is 0.241. The summed E-state index contributed by atoms with van der Waals surface area (Å²) in [5.41, 5.74) is 0. The topological polar surface area (TPSA) is 96.4 Å². The molecular weight excluding hydrogens is 224 g/mol. The van der Waals surface area contributed by atoms with Gasteiger partial charge in [-0.3, -0.25) is 5.32 Å². The van der Waals surface area contributed by atoms with Crippen molar-refractivity contribution in [3.8, 4) is 5.88 Å². The molecule has 0 fully saturated rings. The predicted molar refractivity (Wildman–Crippen MR) is 61.9 cm³/mol. The lowest BCUT2D eigenvalue weighted by Crippen LogP contribution is -2.36. The minimum atomic E-state index is -0.384. The van der Waals surface area contributed by atoms with Gasteiger partial charge in [-0.1, -0.05) is 0 Å². The number of nitrogens with zero attached hydrogens (tertiary/aromatic N) is 2. The van der Waals surface area contributed by atoms with E-state index in [0.29, 0.717) is 18.1 Å². The Balaban J connectivity index is 2.44. The molecule has 0 spiro atoms. The van der Waals surface area contributed by atoms with E-state index < -0.39 is 0 Å². The van der Waals surface area contributed by atoms with Crippen LogP contribution in [0.2, 0.25) is 0 Å². The molecule has 1 aromatic rings. The number of urea groups is 1. The molecule has 3 N–H and O–H groups in total. The molecule has 1 heterocycles. The zero-order valence-electron chi connectivity index (χ0n) is 9.80. The van der Waals surface area contributed by atoms with Gasteiger partial charge in [0.2, 0.25) is 5.88 Å². The zero-order valence-corrected chi connectivity index (χ0v) is 9.80. The molecule has 0 saturated heterocycles. The second-order valence-corrected chi connectivity index (χ2v) is 3.47. The fraction of sp³-hybridized carbons (Fsp3) is 0.500. The number of carbonyl (C=O) groups is 1. The van der Waals surface area contributed by atoms with E-state index in [-0.39, 0.29) is 18.7 Å². The number of aliphatic hydroxyl groups excluding tert-OH is 1. The van der Waals surface area contributed by atoms with E-state index in [1.807, 2.05) is 0 Å². The number of nitrogens with one attached hydrogen (secondary N) is 2. The Morgan fingerprint density at radius 1 is 1.53 bits per heavy atom. The van der Waals surface area contributed by atoms with Crippen molar-refractivity contribution >= 4 is 11.8 Å². The molecule has 0 aliphatic rings. The number of anilines is 1. The first-order valence-corrected chi connectivity index (χ1v) is 5.21. The second kappa shape index (κ2) is 6.64. The number of hydrogen-bond acceptors (Lipinski definition) is 5. The van der Waals surface area contributed by atoms with Gasteiger partial charge in [0.05, 0.1) is 7.11 Å². The van der Waals surface area contributed by atoms with Gasteiger partial charge < -0.3 is 15.2 Å². The normalized spacial score (nSPS) is 11.7. The fourth-order valence-electron chi connectivity index (χ4n) is 1.14. The summed E-state index contributed by atoms with van der Waals surface area (Å²) in [6, 6.07) is 2.69. The molecule has 2 amide bonds. The third kappa shape index (κ3) is 4.64. The van der Waals surface area contributed by atoms with Crippen LogP contribution in [0.5, 0.6) is 5.88 Å². The smallest absolute Gasteiger partial charge is 0.320 e. The molecule has 0 saturated carbocycles. The molecule has 0 aliphatic carbocycles. The van der Waals surface area contributed by atoms with Crippen LogP contribution in [0, 0.1) is 0 Å². The fourth-order valence-corrected chi connectivity index (χ4v) is 1.14. The lowest BCUT2D eigenvalue weighted by Gasteiger charge is -2.12. The van der Waals surface area contributed by atoms with E-state index in [0.717, 1.165) is 0 Å². The van der Waals surface area contributed by atoms with Crippen LogP contribution in [0.4, 0.5) is 10.6 Å². The monoisotopic (exact) mass is 240 g/mol. The quantitative estimate of drug-likeness (QED) is 0.691. The van der Waals surface area contributed by atoms with E-state index in [1.54, 1.807) is 19.1 Å². The molecule has 7 nitrogen and oxygen atoms in total. The molecule has 1 rings (SSSR count). The largest absolute Gasteiger partial charge is 0.480 e. The van der Waals surface area contributed by atoms with E-state index in [4.69, 9.17) is 9.84 Å². The number of rotatable bonds is 5. The second-order valence-electron chi connectivity index (χ2n) is 3.47. The number of hydrogen-bond donors (Lipinski definition) is 3. The van der Waals surface area contributed by atoms with Crippen LogP contribution in [0.3, 0.4) is 0 Å². The Bertz CT molecular complexity index is 355. The third-order valence-corrected chi connectivity index (χ3v) is 2.03. The van der Waals surface area contributed by atoms with Gasteiger partial charge in [-0.25, -0.2) is 4.79 Å². The van der Waals surface area contributed by atoms with Crippen LogP contribution in [0.15, 0.2) is 12.1 Å². The van der Waals surface area contributed by atoms with Gasteiger partial charge >= 0.3 is 6.03 Å². The molecule has 0 unspecified atom stereocenters. The van der Waals surface area contributed by atoms with Crippen molar-refractivity contribution < 1.29 is 14.6 Å². The summed E-state index contributed by atoms with van der Waals surface area (Å²) in [6.07, 6.45) is 0.502. The van der Waals surface area contributed by atoms with Crippen molar-refractivity contribution in [3.63, 3.8) is 0 Å². The molecule has 94 valence electrons. The summed E-state index contributed by atoms with van der Waals surface area (Å²) in [6.45, 7) is 1.83. The van der Waals surface area contributed by atoms with E-state index >= 15 is 0 Å². The molecular formula is C10H16N4O3. The van der Waals surface area contributed by atoms with Crippen molar-refractivity contribution in [2.45, 2.75) is 19.4 Å². The van der Waals surface area contributed by atoms with Crippen LogP contribution in [0.1, 0.15) is 13.3 Å². The Morgan fingerprint density at radius 3 is 2.82 bits per heavy atom.